The Balaban J connectivity index is 1.49. The van der Waals surface area contributed by atoms with Crippen LogP contribution in [0.2, 0.25) is 0 Å². The predicted molar refractivity (Wildman–Crippen MR) is 74.1 cm³/mol. The van der Waals surface area contributed by atoms with Gasteiger partial charge in [0.05, 0.1) is 5.56 Å². The van der Waals surface area contributed by atoms with Crippen molar-refractivity contribution in [3.8, 4) is 0 Å². The van der Waals surface area contributed by atoms with Crippen molar-refractivity contribution in [1.29, 1.82) is 0 Å². The van der Waals surface area contributed by atoms with Crippen molar-refractivity contribution in [2.75, 3.05) is 13.1 Å². The highest BCUT2D eigenvalue weighted by Gasteiger charge is 2.30. The minimum absolute atomic E-state index is 0.103. The van der Waals surface area contributed by atoms with E-state index in [1.165, 1.54) is 0 Å². The molecule has 4 nitrogen and oxygen atoms in total. The van der Waals surface area contributed by atoms with Gasteiger partial charge in [-0.3, -0.25) is 9.59 Å². The first kappa shape index (κ1) is 12.7. The molecule has 2 fully saturated rings. The molecule has 0 bridgehead atoms. The summed E-state index contributed by atoms with van der Waals surface area (Å²) in [5.74, 6) is 0.574. The SMILES string of the molecule is O=C(CC1CCN(C(=O)c2ccsc2)C1)NC1CC1. The molecule has 1 unspecified atom stereocenters. The predicted octanol–water partition coefficient (Wildman–Crippen LogP) is 1.88. The van der Waals surface area contributed by atoms with E-state index in [0.29, 0.717) is 24.9 Å². The molecule has 1 aromatic heterocycles. The first-order valence-electron chi connectivity index (χ1n) is 6.83. The lowest BCUT2D eigenvalue weighted by molar-refractivity contribution is -0.122. The number of thiophene rings is 1. The third-order valence-corrected chi connectivity index (χ3v) is 4.44. The van der Waals surface area contributed by atoms with Crippen molar-refractivity contribution >= 4 is 23.2 Å². The quantitative estimate of drug-likeness (QED) is 0.914. The van der Waals surface area contributed by atoms with Crippen molar-refractivity contribution < 1.29 is 9.59 Å². The molecule has 3 rings (SSSR count). The molecule has 19 heavy (non-hydrogen) atoms. The van der Waals surface area contributed by atoms with Crippen molar-refractivity contribution in [2.24, 2.45) is 5.92 Å². The highest BCUT2D eigenvalue weighted by molar-refractivity contribution is 7.08. The van der Waals surface area contributed by atoms with E-state index in [9.17, 15) is 9.59 Å². The summed E-state index contributed by atoms with van der Waals surface area (Å²) in [6.07, 6.45) is 3.75. The molecular formula is C14H18N2O2S. The van der Waals surface area contributed by atoms with E-state index >= 15 is 0 Å². The van der Waals surface area contributed by atoms with Gasteiger partial charge in [0.25, 0.3) is 5.91 Å². The summed E-state index contributed by atoms with van der Waals surface area (Å²) in [4.78, 5) is 25.8. The summed E-state index contributed by atoms with van der Waals surface area (Å²) in [7, 11) is 0. The van der Waals surface area contributed by atoms with E-state index < -0.39 is 0 Å². The Bertz CT molecular complexity index is 468. The average Bonchev–Trinajstić information content (AvgIpc) is 2.90. The smallest absolute Gasteiger partial charge is 0.254 e. The van der Waals surface area contributed by atoms with Crippen LogP contribution in [0.5, 0.6) is 0 Å². The normalized spacial score (nSPS) is 22.5. The van der Waals surface area contributed by atoms with E-state index in [2.05, 4.69) is 5.32 Å². The highest BCUT2D eigenvalue weighted by atomic mass is 32.1. The Morgan fingerprint density at radius 3 is 2.89 bits per heavy atom. The largest absolute Gasteiger partial charge is 0.353 e. The molecule has 1 aromatic rings. The van der Waals surface area contributed by atoms with Crippen LogP contribution >= 0.6 is 11.3 Å². The zero-order valence-electron chi connectivity index (χ0n) is 10.8. The summed E-state index contributed by atoms with van der Waals surface area (Å²) < 4.78 is 0. The van der Waals surface area contributed by atoms with Gasteiger partial charge in [-0.15, -0.1) is 0 Å². The third kappa shape index (κ3) is 3.15. The lowest BCUT2D eigenvalue weighted by atomic mass is 10.0. The van der Waals surface area contributed by atoms with E-state index in [4.69, 9.17) is 0 Å². The summed E-state index contributed by atoms with van der Waals surface area (Å²) >= 11 is 1.54. The molecule has 1 atom stereocenters. The Kier molecular flexibility index (Phi) is 3.55. The zero-order chi connectivity index (χ0) is 13.2. The molecule has 2 amide bonds. The average molecular weight is 278 g/mol. The second-order valence-electron chi connectivity index (χ2n) is 5.46. The van der Waals surface area contributed by atoms with Crippen LogP contribution in [-0.4, -0.2) is 35.8 Å². The van der Waals surface area contributed by atoms with Crippen LogP contribution in [0, 0.1) is 5.92 Å². The summed E-state index contributed by atoms with van der Waals surface area (Å²) in [5.41, 5.74) is 0.771. The molecule has 1 saturated carbocycles. The lowest BCUT2D eigenvalue weighted by Crippen LogP contribution is -2.30. The van der Waals surface area contributed by atoms with Crippen molar-refractivity contribution in [2.45, 2.75) is 31.7 Å². The maximum absolute atomic E-state index is 12.2. The van der Waals surface area contributed by atoms with Gasteiger partial charge in [-0.25, -0.2) is 0 Å². The van der Waals surface area contributed by atoms with Gasteiger partial charge in [0.15, 0.2) is 0 Å². The summed E-state index contributed by atoms with van der Waals surface area (Å²) in [6.45, 7) is 1.49. The van der Waals surface area contributed by atoms with Crippen LogP contribution in [0.4, 0.5) is 0 Å². The maximum atomic E-state index is 12.2. The van der Waals surface area contributed by atoms with Gasteiger partial charge < -0.3 is 10.2 Å². The van der Waals surface area contributed by atoms with Gasteiger partial charge in [0, 0.05) is 30.9 Å². The fraction of sp³-hybridized carbons (Fsp3) is 0.571. The number of nitrogens with zero attached hydrogens (tertiary/aromatic N) is 1. The second-order valence-corrected chi connectivity index (χ2v) is 6.24. The van der Waals surface area contributed by atoms with E-state index in [1.807, 2.05) is 21.7 Å². The standard InChI is InChI=1S/C14H18N2O2S/c17-13(15-12-1-2-12)7-10-3-5-16(8-10)14(18)11-4-6-19-9-11/h4,6,9-10,12H,1-3,5,7-8H2,(H,15,17). The Hall–Kier alpha value is -1.36. The molecule has 1 aliphatic heterocycles. The van der Waals surface area contributed by atoms with E-state index in [0.717, 1.165) is 31.4 Å². The number of carbonyl (C=O) groups is 2. The number of carbonyl (C=O) groups excluding carboxylic acids is 2. The number of hydrogen-bond donors (Lipinski definition) is 1. The first-order valence-corrected chi connectivity index (χ1v) is 7.77. The molecule has 1 N–H and O–H groups in total. The van der Waals surface area contributed by atoms with Gasteiger partial charge in [-0.1, -0.05) is 0 Å². The number of nitrogens with one attached hydrogen (secondary N) is 1. The molecule has 1 aliphatic carbocycles. The first-order chi connectivity index (χ1) is 9.22. The second kappa shape index (κ2) is 5.33. The van der Waals surface area contributed by atoms with Crippen molar-refractivity contribution in [3.05, 3.63) is 22.4 Å². The molecule has 0 radical (unpaired) electrons. The van der Waals surface area contributed by atoms with Gasteiger partial charge in [-0.2, -0.15) is 11.3 Å². The Labute approximate surface area is 116 Å². The van der Waals surface area contributed by atoms with Gasteiger partial charge in [-0.05, 0) is 36.6 Å². The van der Waals surface area contributed by atoms with Crippen LogP contribution in [-0.2, 0) is 4.79 Å². The fourth-order valence-electron chi connectivity index (χ4n) is 2.53. The minimum atomic E-state index is 0.103. The zero-order valence-corrected chi connectivity index (χ0v) is 11.6. The van der Waals surface area contributed by atoms with E-state index in [1.54, 1.807) is 11.3 Å². The number of hydrogen-bond acceptors (Lipinski definition) is 3. The maximum Gasteiger partial charge on any atom is 0.254 e. The molecule has 2 aliphatic rings. The lowest BCUT2D eigenvalue weighted by Gasteiger charge is -2.15. The van der Waals surface area contributed by atoms with Gasteiger partial charge in [0.2, 0.25) is 5.91 Å². The monoisotopic (exact) mass is 278 g/mol. The molecule has 0 aromatic carbocycles. The number of likely N-dealkylation sites (tertiary alicyclic amines) is 1. The summed E-state index contributed by atoms with van der Waals surface area (Å²) in [5, 5.41) is 6.82. The van der Waals surface area contributed by atoms with Gasteiger partial charge >= 0.3 is 0 Å². The van der Waals surface area contributed by atoms with E-state index in [-0.39, 0.29) is 11.8 Å². The Morgan fingerprint density at radius 1 is 1.37 bits per heavy atom. The Morgan fingerprint density at radius 2 is 2.21 bits per heavy atom. The van der Waals surface area contributed by atoms with Crippen LogP contribution in [0.15, 0.2) is 16.8 Å². The van der Waals surface area contributed by atoms with Crippen LogP contribution < -0.4 is 5.32 Å². The van der Waals surface area contributed by atoms with Gasteiger partial charge in [0.1, 0.15) is 0 Å². The molecule has 0 spiro atoms. The highest BCUT2D eigenvalue weighted by Crippen LogP contribution is 2.24. The fourth-order valence-corrected chi connectivity index (χ4v) is 3.16. The van der Waals surface area contributed by atoms with Crippen LogP contribution in [0.1, 0.15) is 36.0 Å². The van der Waals surface area contributed by atoms with Crippen molar-refractivity contribution in [1.82, 2.24) is 10.2 Å². The molecule has 102 valence electrons. The minimum Gasteiger partial charge on any atom is -0.353 e. The van der Waals surface area contributed by atoms with Crippen LogP contribution in [0.3, 0.4) is 0 Å². The molecular weight excluding hydrogens is 260 g/mol. The van der Waals surface area contributed by atoms with Crippen molar-refractivity contribution in [3.63, 3.8) is 0 Å². The third-order valence-electron chi connectivity index (χ3n) is 3.76. The number of rotatable bonds is 4. The van der Waals surface area contributed by atoms with Crippen LogP contribution in [0.25, 0.3) is 0 Å². The molecule has 1 saturated heterocycles. The topological polar surface area (TPSA) is 49.4 Å². The molecule has 2 heterocycles. The molecule has 5 heteroatoms. The summed E-state index contributed by atoms with van der Waals surface area (Å²) in [6, 6.07) is 2.29. The number of amides is 2.